The molecule has 0 aromatic carbocycles. The van der Waals surface area contributed by atoms with Gasteiger partial charge in [-0.25, -0.2) is 0 Å². The van der Waals surface area contributed by atoms with E-state index in [9.17, 15) is 0 Å². The third kappa shape index (κ3) is 6.12. The first-order chi connectivity index (χ1) is 5.52. The lowest BCUT2D eigenvalue weighted by molar-refractivity contribution is 0.506. The van der Waals surface area contributed by atoms with Crippen molar-refractivity contribution in [1.29, 1.82) is 0 Å². The van der Waals surface area contributed by atoms with Crippen molar-refractivity contribution in [2.75, 3.05) is 5.75 Å². The topological polar surface area (TPSA) is 0 Å². The van der Waals surface area contributed by atoms with Crippen molar-refractivity contribution in [3.05, 3.63) is 24.3 Å². The molecule has 0 fully saturated rings. The Balaban J connectivity index is 0. The Labute approximate surface area is 82.2 Å². The molecule has 0 aliphatic rings. The highest BCUT2D eigenvalue weighted by atomic mass is 32.1. The number of terminal acetylenes is 1. The third-order valence-corrected chi connectivity index (χ3v) is 1.79. The zero-order valence-electron chi connectivity index (χ0n) is 8.17. The van der Waals surface area contributed by atoms with Gasteiger partial charge in [0, 0.05) is 5.75 Å². The summed E-state index contributed by atoms with van der Waals surface area (Å²) in [6, 6.07) is 0. The number of rotatable bonds is 2. The summed E-state index contributed by atoms with van der Waals surface area (Å²) in [5, 5.41) is 0. The summed E-state index contributed by atoms with van der Waals surface area (Å²) in [6.45, 7) is 10.2. The summed E-state index contributed by atoms with van der Waals surface area (Å²) in [5.74, 6) is 0.815. The second-order valence-corrected chi connectivity index (χ2v) is 3.65. The second-order valence-electron chi connectivity index (χ2n) is 3.34. The van der Waals surface area contributed by atoms with Gasteiger partial charge in [0.25, 0.3) is 0 Å². The minimum absolute atomic E-state index is 0.232. The van der Waals surface area contributed by atoms with Gasteiger partial charge in [-0.15, -0.1) is 12.8 Å². The molecule has 0 atom stereocenters. The van der Waals surface area contributed by atoms with Gasteiger partial charge >= 0.3 is 0 Å². The maximum absolute atomic E-state index is 4.23. The van der Waals surface area contributed by atoms with Crippen LogP contribution in [-0.2, 0) is 0 Å². The highest BCUT2D eigenvalue weighted by molar-refractivity contribution is 7.80. The van der Waals surface area contributed by atoms with Gasteiger partial charge in [-0.05, 0) is 5.41 Å². The fourth-order valence-electron chi connectivity index (χ4n) is 0.682. The van der Waals surface area contributed by atoms with Crippen molar-refractivity contribution in [2.24, 2.45) is 5.41 Å². The van der Waals surface area contributed by atoms with E-state index in [1.54, 1.807) is 0 Å². The molecule has 12 heavy (non-hydrogen) atoms. The first kappa shape index (κ1) is 13.9. The van der Waals surface area contributed by atoms with Crippen LogP contribution in [0, 0.1) is 18.3 Å². The number of hydrogen-bond acceptors (Lipinski definition) is 1. The molecule has 0 amide bonds. The Kier molecular flexibility index (Phi) is 8.21. The molecule has 0 heterocycles. The number of allylic oxidation sites excluding steroid dienone is 2. The summed E-state index contributed by atoms with van der Waals surface area (Å²) in [5.41, 5.74) is 1.56. The molecule has 0 aliphatic carbocycles. The van der Waals surface area contributed by atoms with Crippen LogP contribution in [0.2, 0.25) is 0 Å². The lowest BCUT2D eigenvalue weighted by Gasteiger charge is -2.20. The van der Waals surface area contributed by atoms with Crippen molar-refractivity contribution in [3.8, 4) is 12.8 Å². The summed E-state index contributed by atoms with van der Waals surface area (Å²) >= 11 is 4.23. The Morgan fingerprint density at radius 1 is 1.42 bits per heavy atom. The molecule has 0 N–H and O–H groups in total. The average molecular weight is 182 g/mol. The van der Waals surface area contributed by atoms with Gasteiger partial charge < -0.3 is 0 Å². The van der Waals surface area contributed by atoms with E-state index < -0.39 is 0 Å². The fourth-order valence-corrected chi connectivity index (χ4v) is 1.26. The molecule has 0 saturated heterocycles. The highest BCUT2D eigenvalue weighted by Crippen LogP contribution is 2.25. The molecule has 1 heteroatoms. The smallest absolute Gasteiger partial charge is 0.0121 e. The highest BCUT2D eigenvalue weighted by Gasteiger charge is 2.13. The Hall–Kier alpha value is -0.610. The van der Waals surface area contributed by atoms with E-state index in [1.165, 1.54) is 5.57 Å². The molecule has 0 nitrogen and oxygen atoms in total. The fraction of sp³-hybridized carbons (Fsp3) is 0.455. The Morgan fingerprint density at radius 3 is 1.92 bits per heavy atom. The van der Waals surface area contributed by atoms with Gasteiger partial charge in [0.15, 0.2) is 0 Å². The summed E-state index contributed by atoms with van der Waals surface area (Å²) in [4.78, 5) is 0. The van der Waals surface area contributed by atoms with Crippen LogP contribution < -0.4 is 0 Å². The van der Waals surface area contributed by atoms with E-state index in [2.05, 4.69) is 52.8 Å². The summed E-state index contributed by atoms with van der Waals surface area (Å²) in [7, 11) is 0. The molecule has 0 radical (unpaired) electrons. The molecular formula is C11H18S. The Morgan fingerprint density at radius 2 is 1.83 bits per heavy atom. The van der Waals surface area contributed by atoms with E-state index in [1.807, 2.05) is 12.2 Å². The van der Waals surface area contributed by atoms with E-state index >= 15 is 0 Å². The monoisotopic (exact) mass is 182 g/mol. The zero-order chi connectivity index (χ0) is 10.2. The lowest BCUT2D eigenvalue weighted by Crippen LogP contribution is -2.10. The largest absolute Gasteiger partial charge is 0.175 e. The number of thiol groups is 1. The van der Waals surface area contributed by atoms with Crippen molar-refractivity contribution < 1.29 is 0 Å². The average Bonchev–Trinajstić information content (AvgIpc) is 2.02. The van der Waals surface area contributed by atoms with Gasteiger partial charge in [0.1, 0.15) is 0 Å². The minimum Gasteiger partial charge on any atom is -0.175 e. The van der Waals surface area contributed by atoms with Crippen molar-refractivity contribution >= 4 is 12.6 Å². The standard InChI is InChI=1S/C9H16S.C2H2/c1-5-6-8(7-10)9(2,3)4;1-2/h5-6,10H,1,7H2,2-4H3;1-2H/b8-6-;. The molecule has 0 aromatic heterocycles. The van der Waals surface area contributed by atoms with Crippen LogP contribution in [0.1, 0.15) is 20.8 Å². The zero-order valence-corrected chi connectivity index (χ0v) is 9.07. The predicted octanol–water partition coefficient (Wildman–Crippen LogP) is 3.32. The van der Waals surface area contributed by atoms with Gasteiger partial charge in [-0.1, -0.05) is 45.1 Å². The summed E-state index contributed by atoms with van der Waals surface area (Å²) < 4.78 is 0. The molecule has 0 unspecified atom stereocenters. The van der Waals surface area contributed by atoms with Gasteiger partial charge in [0.2, 0.25) is 0 Å². The first-order valence-corrected chi connectivity index (χ1v) is 4.42. The third-order valence-electron chi connectivity index (χ3n) is 1.45. The van der Waals surface area contributed by atoms with Crippen LogP contribution in [0.5, 0.6) is 0 Å². The molecular weight excluding hydrogens is 164 g/mol. The van der Waals surface area contributed by atoms with Gasteiger partial charge in [0.05, 0.1) is 0 Å². The van der Waals surface area contributed by atoms with E-state index in [-0.39, 0.29) is 5.41 Å². The SMILES string of the molecule is C#C.C=C/C=C(/CS)C(C)(C)C. The normalized spacial score (nSPS) is 11.3. The second kappa shape index (κ2) is 7.06. The van der Waals surface area contributed by atoms with Crippen LogP contribution in [0.15, 0.2) is 24.3 Å². The van der Waals surface area contributed by atoms with Crippen LogP contribution in [-0.4, -0.2) is 5.75 Å². The lowest BCUT2D eigenvalue weighted by atomic mass is 9.87. The quantitative estimate of drug-likeness (QED) is 0.378. The molecule has 0 aliphatic heterocycles. The van der Waals surface area contributed by atoms with Gasteiger partial charge in [-0.3, -0.25) is 0 Å². The molecule has 68 valence electrons. The first-order valence-electron chi connectivity index (χ1n) is 3.78. The van der Waals surface area contributed by atoms with Crippen LogP contribution in [0.3, 0.4) is 0 Å². The molecule has 0 saturated carbocycles. The van der Waals surface area contributed by atoms with E-state index in [0.717, 1.165) is 5.75 Å². The molecule has 0 bridgehead atoms. The molecule has 0 spiro atoms. The minimum atomic E-state index is 0.232. The van der Waals surface area contributed by atoms with Crippen molar-refractivity contribution in [2.45, 2.75) is 20.8 Å². The van der Waals surface area contributed by atoms with Crippen molar-refractivity contribution in [3.63, 3.8) is 0 Å². The number of hydrogen-bond donors (Lipinski definition) is 1. The van der Waals surface area contributed by atoms with Crippen molar-refractivity contribution in [1.82, 2.24) is 0 Å². The van der Waals surface area contributed by atoms with Crippen LogP contribution >= 0.6 is 12.6 Å². The molecule has 0 aromatic rings. The molecule has 0 rings (SSSR count). The summed E-state index contributed by atoms with van der Waals surface area (Å²) in [6.07, 6.45) is 11.9. The van der Waals surface area contributed by atoms with Crippen LogP contribution in [0.25, 0.3) is 0 Å². The maximum Gasteiger partial charge on any atom is 0.0121 e. The Bertz CT molecular complexity index is 167. The van der Waals surface area contributed by atoms with Gasteiger partial charge in [-0.2, -0.15) is 12.6 Å². The maximum atomic E-state index is 4.23. The predicted molar refractivity (Wildman–Crippen MR) is 61.5 cm³/mol. The van der Waals surface area contributed by atoms with E-state index in [4.69, 9.17) is 0 Å². The van der Waals surface area contributed by atoms with E-state index in [0.29, 0.717) is 0 Å². The van der Waals surface area contributed by atoms with Crippen LogP contribution in [0.4, 0.5) is 0 Å².